The van der Waals surface area contributed by atoms with E-state index >= 15 is 0 Å². The van der Waals surface area contributed by atoms with Crippen LogP contribution in [-0.4, -0.2) is 31.5 Å². The second-order valence-corrected chi connectivity index (χ2v) is 5.84. The molecule has 0 atom stereocenters. The number of aliphatic imine (C=N–C) groups is 1. The maximum absolute atomic E-state index is 11.8. The number of carbonyl (C=O) groups is 1. The Morgan fingerprint density at radius 1 is 1.29 bits per heavy atom. The molecule has 1 aromatic rings. The maximum atomic E-state index is 11.8. The standard InChI is InChI=1S/C18H28N4O2/c1-2-19-18(20-11-10-15-7-4-3-5-8-15)22-14-17(23)21-13-16-9-6-12-24-16/h6-7,9,12H,2-5,8,10-11,13-14H2,1H3,(H,21,23)(H2,19,20,22). The fourth-order valence-corrected chi connectivity index (χ4v) is 2.62. The van der Waals surface area contributed by atoms with Crippen LogP contribution in [0.3, 0.4) is 0 Å². The first-order chi connectivity index (χ1) is 11.8. The molecule has 0 bridgehead atoms. The fraction of sp³-hybridized carbons (Fsp3) is 0.556. The summed E-state index contributed by atoms with van der Waals surface area (Å²) in [6.45, 7) is 4.10. The van der Waals surface area contributed by atoms with Crippen molar-refractivity contribution in [2.45, 2.75) is 45.6 Å². The Morgan fingerprint density at radius 3 is 2.92 bits per heavy atom. The average molecular weight is 332 g/mol. The van der Waals surface area contributed by atoms with Gasteiger partial charge in [-0.25, -0.2) is 4.99 Å². The molecule has 0 radical (unpaired) electrons. The molecule has 24 heavy (non-hydrogen) atoms. The van der Waals surface area contributed by atoms with Crippen LogP contribution >= 0.6 is 0 Å². The Hall–Kier alpha value is -2.24. The van der Waals surface area contributed by atoms with Crippen LogP contribution in [-0.2, 0) is 11.3 Å². The zero-order chi connectivity index (χ0) is 17.0. The lowest BCUT2D eigenvalue weighted by Crippen LogP contribution is -2.39. The van der Waals surface area contributed by atoms with Crippen molar-refractivity contribution >= 4 is 11.9 Å². The third kappa shape index (κ3) is 6.89. The van der Waals surface area contributed by atoms with E-state index in [9.17, 15) is 4.79 Å². The van der Waals surface area contributed by atoms with Gasteiger partial charge in [0.25, 0.3) is 0 Å². The van der Waals surface area contributed by atoms with Crippen LogP contribution in [0.4, 0.5) is 0 Å². The largest absolute Gasteiger partial charge is 0.467 e. The third-order valence-electron chi connectivity index (χ3n) is 3.89. The van der Waals surface area contributed by atoms with Gasteiger partial charge in [-0.05, 0) is 51.2 Å². The van der Waals surface area contributed by atoms with Gasteiger partial charge in [-0.3, -0.25) is 4.79 Å². The van der Waals surface area contributed by atoms with E-state index in [4.69, 9.17) is 4.42 Å². The monoisotopic (exact) mass is 332 g/mol. The van der Waals surface area contributed by atoms with Crippen LogP contribution in [0, 0.1) is 0 Å². The molecule has 0 saturated heterocycles. The first-order valence-corrected chi connectivity index (χ1v) is 8.77. The van der Waals surface area contributed by atoms with Crippen LogP contribution in [0.25, 0.3) is 0 Å². The highest BCUT2D eigenvalue weighted by molar-refractivity contribution is 5.84. The molecule has 6 nitrogen and oxygen atoms in total. The number of guanidine groups is 1. The molecule has 1 aromatic heterocycles. The minimum absolute atomic E-state index is 0.0960. The summed E-state index contributed by atoms with van der Waals surface area (Å²) >= 11 is 0. The normalized spacial score (nSPS) is 14.9. The summed E-state index contributed by atoms with van der Waals surface area (Å²) in [6, 6.07) is 3.63. The van der Waals surface area contributed by atoms with E-state index in [1.165, 1.54) is 31.3 Å². The number of furan rings is 1. The van der Waals surface area contributed by atoms with Crippen LogP contribution in [0.15, 0.2) is 39.5 Å². The van der Waals surface area contributed by atoms with E-state index in [0.29, 0.717) is 12.5 Å². The van der Waals surface area contributed by atoms with E-state index in [-0.39, 0.29) is 12.5 Å². The third-order valence-corrected chi connectivity index (χ3v) is 3.89. The van der Waals surface area contributed by atoms with E-state index < -0.39 is 0 Å². The smallest absolute Gasteiger partial charge is 0.242 e. The van der Waals surface area contributed by atoms with Crippen molar-refractivity contribution in [2.75, 3.05) is 19.6 Å². The molecule has 6 heteroatoms. The second-order valence-electron chi connectivity index (χ2n) is 5.84. The van der Waals surface area contributed by atoms with E-state index in [1.54, 1.807) is 12.3 Å². The van der Waals surface area contributed by atoms with Crippen LogP contribution in [0.1, 0.15) is 44.8 Å². The molecule has 2 rings (SSSR count). The predicted octanol–water partition coefficient (Wildman–Crippen LogP) is 2.34. The average Bonchev–Trinajstić information content (AvgIpc) is 3.12. The second kappa shape index (κ2) is 10.5. The molecule has 1 amide bonds. The van der Waals surface area contributed by atoms with Gasteiger partial charge in [-0.2, -0.15) is 0 Å². The number of nitrogens with one attached hydrogen (secondary N) is 3. The number of nitrogens with zero attached hydrogens (tertiary/aromatic N) is 1. The highest BCUT2D eigenvalue weighted by Gasteiger charge is 2.05. The number of allylic oxidation sites excluding steroid dienone is 1. The van der Waals surface area contributed by atoms with Gasteiger partial charge >= 0.3 is 0 Å². The molecule has 3 N–H and O–H groups in total. The minimum atomic E-state index is -0.126. The lowest BCUT2D eigenvalue weighted by Gasteiger charge is -2.15. The van der Waals surface area contributed by atoms with Crippen molar-refractivity contribution in [1.29, 1.82) is 0 Å². The number of rotatable bonds is 8. The minimum Gasteiger partial charge on any atom is -0.467 e. The molecule has 0 fully saturated rings. The van der Waals surface area contributed by atoms with Crippen molar-refractivity contribution in [3.05, 3.63) is 35.8 Å². The molecule has 0 spiro atoms. The number of hydrogen-bond acceptors (Lipinski definition) is 3. The lowest BCUT2D eigenvalue weighted by molar-refractivity contribution is -0.119. The Kier molecular flexibility index (Phi) is 7.93. The Bertz CT molecular complexity index is 549. The Balaban J connectivity index is 1.70. The summed E-state index contributed by atoms with van der Waals surface area (Å²) in [7, 11) is 0. The van der Waals surface area contributed by atoms with Crippen molar-refractivity contribution in [2.24, 2.45) is 4.99 Å². The van der Waals surface area contributed by atoms with Crippen molar-refractivity contribution < 1.29 is 9.21 Å². The molecule has 132 valence electrons. The Morgan fingerprint density at radius 2 is 2.21 bits per heavy atom. The summed E-state index contributed by atoms with van der Waals surface area (Å²) in [5.41, 5.74) is 1.53. The maximum Gasteiger partial charge on any atom is 0.242 e. The van der Waals surface area contributed by atoms with Gasteiger partial charge < -0.3 is 20.4 Å². The summed E-state index contributed by atoms with van der Waals surface area (Å²) in [4.78, 5) is 16.2. The highest BCUT2D eigenvalue weighted by Crippen LogP contribution is 2.19. The lowest BCUT2D eigenvalue weighted by atomic mass is 9.97. The van der Waals surface area contributed by atoms with Crippen molar-refractivity contribution in [1.82, 2.24) is 16.0 Å². The summed E-state index contributed by atoms with van der Waals surface area (Å²) < 4.78 is 5.18. The van der Waals surface area contributed by atoms with Crippen molar-refractivity contribution in [3.63, 3.8) is 0 Å². The topological polar surface area (TPSA) is 78.7 Å². The van der Waals surface area contributed by atoms with Crippen molar-refractivity contribution in [3.8, 4) is 0 Å². The van der Waals surface area contributed by atoms with Crippen LogP contribution < -0.4 is 16.0 Å². The van der Waals surface area contributed by atoms with Crippen LogP contribution in [0.2, 0.25) is 0 Å². The zero-order valence-corrected chi connectivity index (χ0v) is 14.4. The van der Waals surface area contributed by atoms with Gasteiger partial charge in [0.2, 0.25) is 5.91 Å². The molecular weight excluding hydrogens is 304 g/mol. The molecule has 1 aliphatic rings. The molecular formula is C18H28N4O2. The summed E-state index contributed by atoms with van der Waals surface area (Å²) in [5.74, 6) is 1.29. The van der Waals surface area contributed by atoms with E-state index in [2.05, 4.69) is 27.0 Å². The number of amides is 1. The summed E-state index contributed by atoms with van der Waals surface area (Å²) in [5, 5.41) is 9.24. The quantitative estimate of drug-likeness (QED) is 0.388. The van der Waals surface area contributed by atoms with Gasteiger partial charge in [-0.1, -0.05) is 11.6 Å². The molecule has 0 aliphatic heterocycles. The first kappa shape index (κ1) is 18.1. The Labute approximate surface area is 143 Å². The fourth-order valence-electron chi connectivity index (χ4n) is 2.62. The summed E-state index contributed by atoms with van der Waals surface area (Å²) in [6.07, 6.45) is 10.0. The van der Waals surface area contributed by atoms with Gasteiger partial charge in [0.05, 0.1) is 12.8 Å². The van der Waals surface area contributed by atoms with E-state index in [0.717, 1.165) is 25.3 Å². The molecule has 1 aliphatic carbocycles. The zero-order valence-electron chi connectivity index (χ0n) is 14.4. The van der Waals surface area contributed by atoms with Gasteiger partial charge in [0, 0.05) is 13.1 Å². The molecule has 0 saturated carbocycles. The van der Waals surface area contributed by atoms with E-state index in [1.807, 2.05) is 13.0 Å². The van der Waals surface area contributed by atoms with Gasteiger partial charge in [-0.15, -0.1) is 0 Å². The van der Waals surface area contributed by atoms with Gasteiger partial charge in [0.1, 0.15) is 12.3 Å². The predicted molar refractivity (Wildman–Crippen MR) is 95.7 cm³/mol. The molecule has 0 unspecified atom stereocenters. The van der Waals surface area contributed by atoms with Gasteiger partial charge in [0.15, 0.2) is 5.96 Å². The molecule has 1 heterocycles. The molecule has 0 aromatic carbocycles. The number of hydrogen-bond donors (Lipinski definition) is 3. The highest BCUT2D eigenvalue weighted by atomic mass is 16.3. The van der Waals surface area contributed by atoms with Crippen LogP contribution in [0.5, 0.6) is 0 Å². The first-order valence-electron chi connectivity index (χ1n) is 8.77. The SMILES string of the molecule is CCNC(=NCC(=O)NCc1ccco1)NCCC1=CCCCC1. The number of carbonyl (C=O) groups excluding carboxylic acids is 1.